The number of hydrogen-bond donors (Lipinski definition) is 1. The standard InChI is InChI=1S/C18H11F3N2O4S/c19-8-1-2-12-13(5-8)27-14(6-16(24)25)18(26)23(12)7-15-22-11-4-9(20)3-10(21)17(11)28-15/h1-5,14H,6-7H2,(H,24,25). The number of carbonyl (C=O) groups excluding carboxylic acids is 1. The zero-order valence-electron chi connectivity index (χ0n) is 14.0. The van der Waals surface area contributed by atoms with Crippen LogP contribution in [0.3, 0.4) is 0 Å². The largest absolute Gasteiger partial charge is 0.481 e. The highest BCUT2D eigenvalue weighted by Crippen LogP contribution is 2.37. The van der Waals surface area contributed by atoms with Gasteiger partial charge < -0.3 is 9.84 Å². The third-order valence-corrected chi connectivity index (χ3v) is 5.19. The summed E-state index contributed by atoms with van der Waals surface area (Å²) in [5, 5.41) is 9.31. The molecule has 0 saturated carbocycles. The Morgan fingerprint density at radius 3 is 2.75 bits per heavy atom. The van der Waals surface area contributed by atoms with Gasteiger partial charge in [-0.2, -0.15) is 0 Å². The topological polar surface area (TPSA) is 79.7 Å². The van der Waals surface area contributed by atoms with Crippen LogP contribution in [0, 0.1) is 17.5 Å². The Hall–Kier alpha value is -3.14. The van der Waals surface area contributed by atoms with Gasteiger partial charge in [0, 0.05) is 18.2 Å². The summed E-state index contributed by atoms with van der Waals surface area (Å²) in [5.41, 5.74) is 0.346. The van der Waals surface area contributed by atoms with Gasteiger partial charge in [0.2, 0.25) is 0 Å². The van der Waals surface area contributed by atoms with Gasteiger partial charge in [0.05, 0.1) is 28.9 Å². The van der Waals surface area contributed by atoms with Crippen molar-refractivity contribution in [1.29, 1.82) is 0 Å². The molecule has 6 nitrogen and oxygen atoms in total. The molecule has 2 aromatic carbocycles. The molecule has 1 unspecified atom stereocenters. The average molecular weight is 408 g/mol. The molecule has 0 fully saturated rings. The first-order valence-electron chi connectivity index (χ1n) is 8.05. The molecule has 28 heavy (non-hydrogen) atoms. The minimum absolute atomic E-state index is 0.0178. The molecular formula is C18H11F3N2O4S. The van der Waals surface area contributed by atoms with Crippen LogP contribution in [0.5, 0.6) is 5.75 Å². The highest BCUT2D eigenvalue weighted by atomic mass is 32.1. The lowest BCUT2D eigenvalue weighted by Gasteiger charge is -2.33. The van der Waals surface area contributed by atoms with Crippen LogP contribution in [-0.2, 0) is 16.1 Å². The summed E-state index contributed by atoms with van der Waals surface area (Å²) in [6.45, 7) is -0.128. The minimum Gasteiger partial charge on any atom is -0.481 e. The zero-order valence-corrected chi connectivity index (χ0v) is 14.8. The number of halogens is 3. The van der Waals surface area contributed by atoms with E-state index < -0.39 is 41.9 Å². The number of carbonyl (C=O) groups is 2. The summed E-state index contributed by atoms with van der Waals surface area (Å²) in [7, 11) is 0. The second-order valence-corrected chi connectivity index (χ2v) is 7.17. The molecule has 1 amide bonds. The molecule has 4 rings (SSSR count). The summed E-state index contributed by atoms with van der Waals surface area (Å²) >= 11 is 0.943. The van der Waals surface area contributed by atoms with Crippen molar-refractivity contribution in [1.82, 2.24) is 4.98 Å². The van der Waals surface area contributed by atoms with Gasteiger partial charge in [-0.25, -0.2) is 18.2 Å². The first kappa shape index (κ1) is 18.2. The number of amides is 1. The number of nitrogens with zero attached hydrogens (tertiary/aromatic N) is 2. The number of thiazole rings is 1. The second-order valence-electron chi connectivity index (χ2n) is 6.08. The molecule has 0 aliphatic carbocycles. The lowest BCUT2D eigenvalue weighted by Crippen LogP contribution is -2.46. The van der Waals surface area contributed by atoms with Crippen molar-refractivity contribution in [2.45, 2.75) is 19.1 Å². The smallest absolute Gasteiger partial charge is 0.307 e. The number of carboxylic acids is 1. The summed E-state index contributed by atoms with van der Waals surface area (Å²) in [6, 6.07) is 5.33. The molecule has 1 aliphatic rings. The number of rotatable bonds is 4. The molecule has 0 saturated heterocycles. The lowest BCUT2D eigenvalue weighted by atomic mass is 10.1. The van der Waals surface area contributed by atoms with E-state index >= 15 is 0 Å². The van der Waals surface area contributed by atoms with E-state index in [0.717, 1.165) is 35.6 Å². The summed E-state index contributed by atoms with van der Waals surface area (Å²) in [5.74, 6) is -4.03. The molecule has 0 bridgehead atoms. The first-order chi connectivity index (χ1) is 13.3. The van der Waals surface area contributed by atoms with Crippen LogP contribution in [0.25, 0.3) is 10.2 Å². The van der Waals surface area contributed by atoms with Gasteiger partial charge >= 0.3 is 5.97 Å². The van der Waals surface area contributed by atoms with Crippen LogP contribution in [0.4, 0.5) is 18.9 Å². The number of anilines is 1. The van der Waals surface area contributed by atoms with Gasteiger partial charge in [-0.05, 0) is 12.1 Å². The van der Waals surface area contributed by atoms with E-state index in [1.807, 2.05) is 0 Å². The molecule has 0 spiro atoms. The van der Waals surface area contributed by atoms with Crippen molar-refractivity contribution in [3.05, 3.63) is 52.8 Å². The van der Waals surface area contributed by atoms with Crippen molar-refractivity contribution in [2.24, 2.45) is 0 Å². The fraction of sp³-hybridized carbons (Fsp3) is 0.167. The van der Waals surface area contributed by atoms with Gasteiger partial charge in [-0.1, -0.05) is 0 Å². The van der Waals surface area contributed by atoms with E-state index in [-0.39, 0.29) is 28.2 Å². The Morgan fingerprint density at radius 1 is 1.21 bits per heavy atom. The third-order valence-electron chi connectivity index (χ3n) is 4.13. The number of hydrogen-bond acceptors (Lipinski definition) is 5. The highest BCUT2D eigenvalue weighted by molar-refractivity contribution is 7.18. The molecule has 1 N–H and O–H groups in total. The van der Waals surface area contributed by atoms with Gasteiger partial charge in [0.25, 0.3) is 5.91 Å². The van der Waals surface area contributed by atoms with Gasteiger partial charge in [-0.3, -0.25) is 14.5 Å². The summed E-state index contributed by atoms with van der Waals surface area (Å²) in [4.78, 5) is 29.1. The Labute approximate surface area is 159 Å². The molecule has 0 radical (unpaired) electrons. The molecule has 144 valence electrons. The van der Waals surface area contributed by atoms with Crippen molar-refractivity contribution in [3.8, 4) is 5.75 Å². The number of aliphatic carboxylic acids is 1. The van der Waals surface area contributed by atoms with E-state index in [1.54, 1.807) is 0 Å². The fourth-order valence-electron chi connectivity index (χ4n) is 2.96. The van der Waals surface area contributed by atoms with Crippen LogP contribution in [-0.4, -0.2) is 28.1 Å². The fourth-order valence-corrected chi connectivity index (χ4v) is 3.90. The average Bonchev–Trinajstić information content (AvgIpc) is 3.01. The van der Waals surface area contributed by atoms with Gasteiger partial charge in [0.15, 0.2) is 6.10 Å². The van der Waals surface area contributed by atoms with Crippen LogP contribution < -0.4 is 9.64 Å². The lowest BCUT2D eigenvalue weighted by molar-refractivity contribution is -0.142. The Bertz CT molecular complexity index is 1120. The molecular weight excluding hydrogens is 397 g/mol. The van der Waals surface area contributed by atoms with Crippen LogP contribution in [0.2, 0.25) is 0 Å². The van der Waals surface area contributed by atoms with E-state index in [1.165, 1.54) is 11.0 Å². The van der Waals surface area contributed by atoms with Crippen LogP contribution in [0.1, 0.15) is 11.4 Å². The molecule has 1 aliphatic heterocycles. The molecule has 2 heterocycles. The molecule has 3 aromatic rings. The Morgan fingerprint density at radius 2 is 2.00 bits per heavy atom. The number of fused-ring (bicyclic) bond motifs is 2. The first-order valence-corrected chi connectivity index (χ1v) is 8.87. The van der Waals surface area contributed by atoms with E-state index in [4.69, 9.17) is 9.84 Å². The van der Waals surface area contributed by atoms with E-state index in [2.05, 4.69) is 4.98 Å². The maximum atomic E-state index is 13.9. The quantitative estimate of drug-likeness (QED) is 0.715. The number of ether oxygens (including phenoxy) is 1. The Kier molecular flexibility index (Phi) is 4.42. The number of aromatic nitrogens is 1. The zero-order chi connectivity index (χ0) is 20.0. The van der Waals surface area contributed by atoms with Crippen LogP contribution >= 0.6 is 11.3 Å². The third kappa shape index (κ3) is 3.26. The predicted molar refractivity (Wildman–Crippen MR) is 93.8 cm³/mol. The van der Waals surface area contributed by atoms with Crippen molar-refractivity contribution >= 4 is 39.1 Å². The van der Waals surface area contributed by atoms with E-state index in [9.17, 15) is 22.8 Å². The normalized spacial score (nSPS) is 16.2. The second kappa shape index (κ2) is 6.79. The molecule has 1 aromatic heterocycles. The van der Waals surface area contributed by atoms with Crippen molar-refractivity contribution in [2.75, 3.05) is 4.90 Å². The van der Waals surface area contributed by atoms with Crippen LogP contribution in [0.15, 0.2) is 30.3 Å². The molecule has 10 heteroatoms. The maximum Gasteiger partial charge on any atom is 0.307 e. The van der Waals surface area contributed by atoms with Crippen molar-refractivity contribution in [3.63, 3.8) is 0 Å². The summed E-state index contributed by atoms with van der Waals surface area (Å²) < 4.78 is 46.4. The number of benzene rings is 2. The number of carboxylic acid groups (broad SMARTS) is 1. The van der Waals surface area contributed by atoms with Crippen molar-refractivity contribution < 1.29 is 32.6 Å². The van der Waals surface area contributed by atoms with Gasteiger partial charge in [0.1, 0.15) is 28.2 Å². The van der Waals surface area contributed by atoms with Gasteiger partial charge in [-0.15, -0.1) is 11.3 Å². The molecule has 1 atom stereocenters. The minimum atomic E-state index is -1.34. The van der Waals surface area contributed by atoms with E-state index in [0.29, 0.717) is 5.01 Å². The maximum absolute atomic E-state index is 13.9. The summed E-state index contributed by atoms with van der Waals surface area (Å²) in [6.07, 6.45) is -1.94. The predicted octanol–water partition coefficient (Wildman–Crippen LogP) is 3.48. The Balaban J connectivity index is 1.74. The SMILES string of the molecule is O=C(O)CC1Oc2cc(F)ccc2N(Cc2nc3cc(F)cc(F)c3s2)C1=O. The highest BCUT2D eigenvalue weighted by Gasteiger charge is 2.36. The monoisotopic (exact) mass is 408 g/mol.